The second kappa shape index (κ2) is 11.2. The lowest BCUT2D eigenvalue weighted by molar-refractivity contribution is 0.0391. The summed E-state index contributed by atoms with van der Waals surface area (Å²) in [6, 6.07) is 11.8. The molecule has 0 spiro atoms. The van der Waals surface area contributed by atoms with E-state index in [1.54, 1.807) is 12.4 Å². The highest BCUT2D eigenvalue weighted by atomic mass is 32.1. The summed E-state index contributed by atoms with van der Waals surface area (Å²) in [6.45, 7) is 1.14. The Morgan fingerprint density at radius 2 is 1.79 bits per heavy atom. The SMILES string of the molecule is OC1CCC(Nc2nccc(N3C[C@@H](S)O[C@@H](Nc4ncc(-c5nnc(-c6ccccc6)o5)s4)C3)n2)CC1. The maximum atomic E-state index is 9.76. The Bertz CT molecular complexity index is 1350. The van der Waals surface area contributed by atoms with Gasteiger partial charge in [-0.25, -0.2) is 9.97 Å². The summed E-state index contributed by atoms with van der Waals surface area (Å²) in [6.07, 6.45) is 6.34. The van der Waals surface area contributed by atoms with Crippen LogP contribution in [0.2, 0.25) is 0 Å². The van der Waals surface area contributed by atoms with Gasteiger partial charge in [0.25, 0.3) is 5.89 Å². The van der Waals surface area contributed by atoms with Crippen LogP contribution in [0.15, 0.2) is 53.2 Å². The molecular weight excluding hydrogens is 524 g/mol. The first-order valence-electron chi connectivity index (χ1n) is 12.6. The highest BCUT2D eigenvalue weighted by Crippen LogP contribution is 2.31. The van der Waals surface area contributed by atoms with Crippen molar-refractivity contribution in [3.05, 3.63) is 48.8 Å². The van der Waals surface area contributed by atoms with Crippen molar-refractivity contribution in [2.24, 2.45) is 0 Å². The van der Waals surface area contributed by atoms with E-state index in [2.05, 4.69) is 48.3 Å². The molecule has 1 saturated heterocycles. The van der Waals surface area contributed by atoms with Crippen LogP contribution in [0.1, 0.15) is 25.7 Å². The molecule has 198 valence electrons. The van der Waals surface area contributed by atoms with E-state index in [1.165, 1.54) is 11.3 Å². The van der Waals surface area contributed by atoms with Crippen LogP contribution in [0.3, 0.4) is 0 Å². The van der Waals surface area contributed by atoms with Crippen LogP contribution in [-0.2, 0) is 4.74 Å². The highest BCUT2D eigenvalue weighted by molar-refractivity contribution is 7.80. The van der Waals surface area contributed by atoms with Crippen molar-refractivity contribution in [3.8, 4) is 22.2 Å². The molecule has 0 radical (unpaired) electrons. The van der Waals surface area contributed by atoms with Gasteiger partial charge in [0.15, 0.2) is 5.13 Å². The Hall–Kier alpha value is -3.26. The molecule has 4 aromatic rings. The first-order chi connectivity index (χ1) is 18.6. The summed E-state index contributed by atoms with van der Waals surface area (Å²) >= 11 is 6.01. The zero-order chi connectivity index (χ0) is 25.9. The maximum Gasteiger partial charge on any atom is 0.259 e. The van der Waals surface area contributed by atoms with Gasteiger partial charge in [0.05, 0.1) is 25.4 Å². The number of aliphatic hydroxyl groups excluding tert-OH is 1. The lowest BCUT2D eigenvalue weighted by atomic mass is 9.93. The first-order valence-corrected chi connectivity index (χ1v) is 13.9. The molecule has 3 aromatic heterocycles. The van der Waals surface area contributed by atoms with Crippen LogP contribution in [-0.4, -0.2) is 67.2 Å². The standard InChI is InChI=1S/C25H28N8O3S2/c34-17-8-6-16(7-9-17)28-24-26-11-10-19(29-24)33-13-20(35-21(37)14-33)30-25-27-12-18(38-25)23-32-31-22(36-23)15-4-2-1-3-5-15/h1-5,10-12,16-17,20-21,34,37H,6-9,13-14H2,(H,27,30)(H,26,28,29)/t16?,17?,20-,21-/m1/s1. The molecule has 2 atom stereocenters. The van der Waals surface area contributed by atoms with Crippen LogP contribution < -0.4 is 15.5 Å². The molecule has 1 aromatic carbocycles. The van der Waals surface area contributed by atoms with Crippen molar-refractivity contribution < 1.29 is 14.3 Å². The molecule has 3 N–H and O–H groups in total. The van der Waals surface area contributed by atoms with Crippen LogP contribution in [0, 0.1) is 0 Å². The lowest BCUT2D eigenvalue weighted by Crippen LogP contribution is -2.49. The molecule has 38 heavy (non-hydrogen) atoms. The third-order valence-corrected chi connectivity index (χ3v) is 7.73. The van der Waals surface area contributed by atoms with E-state index in [-0.39, 0.29) is 23.8 Å². The van der Waals surface area contributed by atoms with Gasteiger partial charge in [0, 0.05) is 17.8 Å². The molecule has 0 amide bonds. The van der Waals surface area contributed by atoms with E-state index in [4.69, 9.17) is 14.1 Å². The number of nitrogens with one attached hydrogen (secondary N) is 2. The monoisotopic (exact) mass is 552 g/mol. The molecule has 0 unspecified atom stereocenters. The topological polar surface area (TPSA) is 134 Å². The van der Waals surface area contributed by atoms with Crippen molar-refractivity contribution in [2.45, 2.75) is 49.5 Å². The Morgan fingerprint density at radius 3 is 2.63 bits per heavy atom. The molecule has 2 fully saturated rings. The van der Waals surface area contributed by atoms with E-state index >= 15 is 0 Å². The summed E-state index contributed by atoms with van der Waals surface area (Å²) in [5.74, 6) is 2.27. The lowest BCUT2D eigenvalue weighted by Gasteiger charge is -2.37. The number of aliphatic hydroxyl groups is 1. The van der Waals surface area contributed by atoms with Crippen LogP contribution in [0.25, 0.3) is 22.2 Å². The second-order valence-corrected chi connectivity index (χ2v) is 10.9. The average molecular weight is 553 g/mol. The van der Waals surface area contributed by atoms with Crippen molar-refractivity contribution in [2.75, 3.05) is 28.6 Å². The summed E-state index contributed by atoms with van der Waals surface area (Å²) in [5, 5.41) is 25.5. The Morgan fingerprint density at radius 1 is 0.974 bits per heavy atom. The predicted octanol–water partition coefficient (Wildman–Crippen LogP) is 3.90. The van der Waals surface area contributed by atoms with Gasteiger partial charge in [-0.3, -0.25) is 0 Å². The summed E-state index contributed by atoms with van der Waals surface area (Å²) in [4.78, 5) is 16.5. The summed E-state index contributed by atoms with van der Waals surface area (Å²) < 4.78 is 11.9. The summed E-state index contributed by atoms with van der Waals surface area (Å²) in [5.41, 5.74) is 0.557. The van der Waals surface area contributed by atoms with Crippen molar-refractivity contribution in [1.82, 2.24) is 25.1 Å². The first kappa shape index (κ1) is 25.0. The third-order valence-electron chi connectivity index (χ3n) is 6.53. The van der Waals surface area contributed by atoms with Crippen molar-refractivity contribution >= 4 is 40.9 Å². The molecule has 0 bridgehead atoms. The Kier molecular flexibility index (Phi) is 7.40. The number of morpholine rings is 1. The molecule has 6 rings (SSSR count). The smallest absolute Gasteiger partial charge is 0.259 e. The fourth-order valence-corrected chi connectivity index (χ4v) is 5.72. The minimum Gasteiger partial charge on any atom is -0.415 e. The predicted molar refractivity (Wildman–Crippen MR) is 148 cm³/mol. The van der Waals surface area contributed by atoms with E-state index < -0.39 is 0 Å². The van der Waals surface area contributed by atoms with Crippen LogP contribution in [0.5, 0.6) is 0 Å². The van der Waals surface area contributed by atoms with E-state index in [0.29, 0.717) is 36.0 Å². The van der Waals surface area contributed by atoms with Gasteiger partial charge in [0.2, 0.25) is 11.8 Å². The van der Waals surface area contributed by atoms with Gasteiger partial charge in [0.1, 0.15) is 22.4 Å². The molecule has 2 aliphatic rings. The normalized spacial score (nSPS) is 23.8. The van der Waals surface area contributed by atoms with Gasteiger partial charge < -0.3 is 29.8 Å². The Labute approximate surface area is 229 Å². The number of aromatic nitrogens is 5. The molecule has 1 aliphatic carbocycles. The Balaban J connectivity index is 1.10. The number of benzene rings is 1. The maximum absolute atomic E-state index is 9.76. The number of thiazole rings is 1. The van der Waals surface area contributed by atoms with Crippen molar-refractivity contribution in [1.29, 1.82) is 0 Å². The minimum atomic E-state index is -0.348. The molecule has 11 nitrogen and oxygen atoms in total. The van der Waals surface area contributed by atoms with Gasteiger partial charge in [-0.2, -0.15) is 4.98 Å². The molecular formula is C25H28N8O3S2. The average Bonchev–Trinajstić information content (AvgIpc) is 3.61. The zero-order valence-corrected chi connectivity index (χ0v) is 22.2. The van der Waals surface area contributed by atoms with Crippen LogP contribution in [0.4, 0.5) is 16.9 Å². The minimum absolute atomic E-state index is 0.196. The van der Waals surface area contributed by atoms with Crippen molar-refractivity contribution in [3.63, 3.8) is 0 Å². The fourth-order valence-electron chi connectivity index (χ4n) is 4.60. The van der Waals surface area contributed by atoms with Gasteiger partial charge in [-0.05, 0) is 43.9 Å². The zero-order valence-electron chi connectivity index (χ0n) is 20.5. The van der Waals surface area contributed by atoms with E-state index in [9.17, 15) is 5.11 Å². The van der Waals surface area contributed by atoms with E-state index in [1.807, 2.05) is 36.4 Å². The molecule has 1 aliphatic heterocycles. The number of rotatable bonds is 7. The number of thiol groups is 1. The van der Waals surface area contributed by atoms with Crippen LogP contribution >= 0.6 is 24.0 Å². The van der Waals surface area contributed by atoms with Gasteiger partial charge in [-0.15, -0.1) is 22.8 Å². The quantitative estimate of drug-likeness (QED) is 0.249. The number of ether oxygens (including phenoxy) is 1. The molecule has 1 saturated carbocycles. The van der Waals surface area contributed by atoms with E-state index in [0.717, 1.165) is 41.9 Å². The van der Waals surface area contributed by atoms with Gasteiger partial charge in [-0.1, -0.05) is 29.5 Å². The molecule has 4 heterocycles. The number of nitrogens with zero attached hydrogens (tertiary/aromatic N) is 6. The third kappa shape index (κ3) is 5.90. The number of hydrogen-bond acceptors (Lipinski definition) is 13. The second-order valence-electron chi connectivity index (χ2n) is 9.32. The largest absolute Gasteiger partial charge is 0.415 e. The number of anilines is 3. The van der Waals surface area contributed by atoms with Gasteiger partial charge >= 0.3 is 0 Å². The molecule has 13 heteroatoms. The number of hydrogen-bond donors (Lipinski definition) is 4. The summed E-state index contributed by atoms with van der Waals surface area (Å²) in [7, 11) is 0. The highest BCUT2D eigenvalue weighted by Gasteiger charge is 2.28. The fraction of sp³-hybridized carbons (Fsp3) is 0.400.